The van der Waals surface area contributed by atoms with Crippen LogP contribution in [0.2, 0.25) is 0 Å². The third-order valence-corrected chi connectivity index (χ3v) is 6.00. The third kappa shape index (κ3) is 3.78. The Labute approximate surface area is 191 Å². The summed E-state index contributed by atoms with van der Waals surface area (Å²) in [7, 11) is 0. The molecule has 0 aliphatic carbocycles. The molecule has 0 radical (unpaired) electrons. The molecule has 162 valence electrons. The average Bonchev–Trinajstić information content (AvgIpc) is 3.09. The predicted molar refractivity (Wildman–Crippen MR) is 127 cm³/mol. The first-order chi connectivity index (χ1) is 16.0. The number of fused-ring (bicyclic) bond motifs is 1. The number of pyridine rings is 1. The van der Waals surface area contributed by atoms with Gasteiger partial charge in [0.25, 0.3) is 11.7 Å². The number of aromatic nitrogens is 1. The highest BCUT2D eigenvalue weighted by atomic mass is 16.3. The molecule has 33 heavy (non-hydrogen) atoms. The summed E-state index contributed by atoms with van der Waals surface area (Å²) in [4.78, 5) is 32.0. The zero-order chi connectivity index (χ0) is 22.9. The Morgan fingerprint density at radius 2 is 1.76 bits per heavy atom. The number of amides is 1. The summed E-state index contributed by atoms with van der Waals surface area (Å²) in [6, 6.07) is 24.0. The Morgan fingerprint density at radius 1 is 0.939 bits per heavy atom. The number of aliphatic hydroxyl groups excluding tert-OH is 1. The van der Waals surface area contributed by atoms with Crippen molar-refractivity contribution in [2.24, 2.45) is 0 Å². The van der Waals surface area contributed by atoms with E-state index in [4.69, 9.17) is 0 Å². The van der Waals surface area contributed by atoms with Crippen LogP contribution in [-0.2, 0) is 16.1 Å². The van der Waals surface area contributed by atoms with E-state index in [2.05, 4.69) is 4.98 Å². The van der Waals surface area contributed by atoms with Crippen molar-refractivity contribution in [3.05, 3.63) is 119 Å². The first kappa shape index (κ1) is 20.6. The van der Waals surface area contributed by atoms with Gasteiger partial charge in [-0.15, -0.1) is 0 Å². The van der Waals surface area contributed by atoms with Crippen molar-refractivity contribution in [1.29, 1.82) is 0 Å². The molecule has 5 nitrogen and oxygen atoms in total. The lowest BCUT2D eigenvalue weighted by atomic mass is 9.93. The Bertz CT molecular complexity index is 1410. The van der Waals surface area contributed by atoms with Gasteiger partial charge >= 0.3 is 0 Å². The van der Waals surface area contributed by atoms with Gasteiger partial charge in [0, 0.05) is 24.5 Å². The second kappa shape index (κ2) is 8.36. The van der Waals surface area contributed by atoms with Crippen LogP contribution in [0.1, 0.15) is 28.3 Å². The molecular formula is C28H22N2O3. The maximum atomic E-state index is 13.2. The highest BCUT2D eigenvalue weighted by Crippen LogP contribution is 2.40. The Kier molecular flexibility index (Phi) is 5.23. The van der Waals surface area contributed by atoms with Crippen molar-refractivity contribution in [3.8, 4) is 0 Å². The molecule has 1 amide bonds. The standard InChI is InChI=1S/C28H22N2O3/c1-18-6-4-10-22(14-18)25-24(26(31)23-12-11-20-8-2-3-9-21(20)15-23)27(32)28(33)30(25)17-19-7-5-13-29-16-19/h2-16,25,31H,17H2,1H3/b26-24-. The van der Waals surface area contributed by atoms with E-state index in [-0.39, 0.29) is 17.9 Å². The minimum Gasteiger partial charge on any atom is -0.507 e. The highest BCUT2D eigenvalue weighted by molar-refractivity contribution is 6.46. The van der Waals surface area contributed by atoms with Gasteiger partial charge in [-0.1, -0.05) is 72.3 Å². The minimum absolute atomic E-state index is 0.102. The molecule has 3 aromatic carbocycles. The molecule has 5 rings (SSSR count). The number of carbonyl (C=O) groups excluding carboxylic acids is 2. The number of ketones is 1. The van der Waals surface area contributed by atoms with E-state index in [1.165, 1.54) is 4.90 Å². The second-order valence-corrected chi connectivity index (χ2v) is 8.26. The van der Waals surface area contributed by atoms with Crippen molar-refractivity contribution >= 4 is 28.2 Å². The number of rotatable bonds is 4. The third-order valence-electron chi connectivity index (χ3n) is 6.00. The molecule has 1 unspecified atom stereocenters. The van der Waals surface area contributed by atoms with E-state index >= 15 is 0 Å². The van der Waals surface area contributed by atoms with Crippen LogP contribution in [0.4, 0.5) is 0 Å². The quantitative estimate of drug-likeness (QED) is 0.273. The summed E-state index contributed by atoms with van der Waals surface area (Å²) < 4.78 is 0. The first-order valence-corrected chi connectivity index (χ1v) is 10.8. The van der Waals surface area contributed by atoms with Crippen molar-refractivity contribution in [3.63, 3.8) is 0 Å². The maximum Gasteiger partial charge on any atom is 0.295 e. The van der Waals surface area contributed by atoms with Crippen LogP contribution in [-0.4, -0.2) is 26.7 Å². The Balaban J connectivity index is 1.67. The fourth-order valence-electron chi connectivity index (χ4n) is 4.41. The Hall–Kier alpha value is -4.25. The molecule has 1 saturated heterocycles. The molecule has 4 aromatic rings. The fourth-order valence-corrected chi connectivity index (χ4v) is 4.41. The number of carbonyl (C=O) groups is 2. The summed E-state index contributed by atoms with van der Waals surface area (Å²) in [6.45, 7) is 2.17. The van der Waals surface area contributed by atoms with Crippen LogP contribution in [0.5, 0.6) is 0 Å². The van der Waals surface area contributed by atoms with Crippen LogP contribution >= 0.6 is 0 Å². The van der Waals surface area contributed by atoms with Gasteiger partial charge in [0.15, 0.2) is 0 Å². The molecule has 1 fully saturated rings. The topological polar surface area (TPSA) is 70.5 Å². The second-order valence-electron chi connectivity index (χ2n) is 8.26. The summed E-state index contributed by atoms with van der Waals surface area (Å²) in [5.74, 6) is -1.48. The first-order valence-electron chi connectivity index (χ1n) is 10.8. The van der Waals surface area contributed by atoms with Gasteiger partial charge in [0.2, 0.25) is 0 Å². The van der Waals surface area contributed by atoms with Crippen LogP contribution in [0.3, 0.4) is 0 Å². The molecule has 1 N–H and O–H groups in total. The van der Waals surface area contributed by atoms with Crippen LogP contribution in [0.15, 0.2) is 96.8 Å². The smallest absolute Gasteiger partial charge is 0.295 e. The fraction of sp³-hybridized carbons (Fsp3) is 0.107. The lowest BCUT2D eigenvalue weighted by Gasteiger charge is -2.25. The van der Waals surface area contributed by atoms with E-state index in [0.717, 1.165) is 27.5 Å². The maximum absolute atomic E-state index is 13.2. The molecule has 2 heterocycles. The molecule has 0 saturated carbocycles. The van der Waals surface area contributed by atoms with E-state index in [0.29, 0.717) is 5.56 Å². The lowest BCUT2D eigenvalue weighted by Crippen LogP contribution is -2.29. The van der Waals surface area contributed by atoms with Crippen molar-refractivity contribution in [1.82, 2.24) is 9.88 Å². The Morgan fingerprint density at radius 3 is 2.52 bits per heavy atom. The zero-order valence-electron chi connectivity index (χ0n) is 18.1. The molecule has 1 aromatic heterocycles. The molecule has 0 spiro atoms. The molecule has 0 bridgehead atoms. The zero-order valence-corrected chi connectivity index (χ0v) is 18.1. The van der Waals surface area contributed by atoms with Crippen molar-refractivity contribution in [2.45, 2.75) is 19.5 Å². The molecule has 5 heteroatoms. The minimum atomic E-state index is -0.698. The number of hydrogen-bond donors (Lipinski definition) is 1. The average molecular weight is 434 g/mol. The van der Waals surface area contributed by atoms with E-state index < -0.39 is 17.7 Å². The number of nitrogens with zero attached hydrogens (tertiary/aromatic N) is 2. The van der Waals surface area contributed by atoms with Gasteiger partial charge in [0.1, 0.15) is 5.76 Å². The van der Waals surface area contributed by atoms with E-state index in [1.54, 1.807) is 24.5 Å². The van der Waals surface area contributed by atoms with E-state index in [1.807, 2.05) is 73.7 Å². The molecular weight excluding hydrogens is 412 g/mol. The normalized spacial score (nSPS) is 17.6. The number of Topliss-reactive ketones (excluding diaryl/α,β-unsaturated/α-hetero) is 1. The van der Waals surface area contributed by atoms with Gasteiger partial charge < -0.3 is 10.0 Å². The number of aryl methyl sites for hydroxylation is 1. The molecule has 1 aliphatic heterocycles. The predicted octanol–water partition coefficient (Wildman–Crippen LogP) is 5.17. The molecule has 1 atom stereocenters. The van der Waals surface area contributed by atoms with Crippen LogP contribution in [0.25, 0.3) is 16.5 Å². The highest BCUT2D eigenvalue weighted by Gasteiger charge is 2.46. The largest absolute Gasteiger partial charge is 0.507 e. The van der Waals surface area contributed by atoms with Gasteiger partial charge in [-0.05, 0) is 41.0 Å². The van der Waals surface area contributed by atoms with Gasteiger partial charge in [-0.25, -0.2) is 0 Å². The SMILES string of the molecule is Cc1cccc(C2/C(=C(/O)c3ccc4ccccc4c3)C(=O)C(=O)N2Cc2cccnc2)c1. The number of hydrogen-bond acceptors (Lipinski definition) is 4. The number of benzene rings is 3. The van der Waals surface area contributed by atoms with Gasteiger partial charge in [0.05, 0.1) is 11.6 Å². The van der Waals surface area contributed by atoms with Gasteiger partial charge in [-0.3, -0.25) is 14.6 Å². The summed E-state index contributed by atoms with van der Waals surface area (Å²) in [5.41, 5.74) is 3.20. The van der Waals surface area contributed by atoms with Gasteiger partial charge in [-0.2, -0.15) is 0 Å². The summed E-state index contributed by atoms with van der Waals surface area (Å²) in [6.07, 6.45) is 3.34. The molecule has 1 aliphatic rings. The van der Waals surface area contributed by atoms with E-state index in [9.17, 15) is 14.7 Å². The lowest BCUT2D eigenvalue weighted by molar-refractivity contribution is -0.140. The summed E-state index contributed by atoms with van der Waals surface area (Å²) in [5, 5.41) is 13.3. The number of aliphatic hydroxyl groups is 1. The van der Waals surface area contributed by atoms with Crippen LogP contribution in [0, 0.1) is 6.92 Å². The number of likely N-dealkylation sites (tertiary alicyclic amines) is 1. The summed E-state index contributed by atoms with van der Waals surface area (Å²) >= 11 is 0. The van der Waals surface area contributed by atoms with Crippen molar-refractivity contribution < 1.29 is 14.7 Å². The van der Waals surface area contributed by atoms with Crippen LogP contribution < -0.4 is 0 Å². The monoisotopic (exact) mass is 434 g/mol. The van der Waals surface area contributed by atoms with Crippen molar-refractivity contribution in [2.75, 3.05) is 0 Å².